The van der Waals surface area contributed by atoms with E-state index in [0.29, 0.717) is 0 Å². The van der Waals surface area contributed by atoms with Crippen molar-refractivity contribution in [3.63, 3.8) is 0 Å². The maximum atomic E-state index is 11.8. The van der Waals surface area contributed by atoms with Gasteiger partial charge in [-0.25, -0.2) is 0 Å². The van der Waals surface area contributed by atoms with Crippen molar-refractivity contribution >= 4 is 17.6 Å². The van der Waals surface area contributed by atoms with Crippen LogP contribution in [0.3, 0.4) is 0 Å². The number of nitro groups is 1. The molecule has 2 N–H and O–H groups in total. The Kier molecular flexibility index (Phi) is 4.84. The van der Waals surface area contributed by atoms with Gasteiger partial charge in [-0.05, 0) is 0 Å². The molecular weight excluding hydrogens is 272 g/mol. The summed E-state index contributed by atoms with van der Waals surface area (Å²) in [5.41, 5.74) is -0.421. The van der Waals surface area contributed by atoms with Gasteiger partial charge in [0.1, 0.15) is 12.3 Å². The summed E-state index contributed by atoms with van der Waals surface area (Å²) in [7, 11) is 2.45. The molecule has 20 heavy (non-hydrogen) atoms. The molecule has 0 saturated heterocycles. The number of carboxylic acids is 1. The molecule has 0 aromatic heterocycles. The van der Waals surface area contributed by atoms with Crippen LogP contribution in [-0.4, -0.2) is 42.7 Å². The van der Waals surface area contributed by atoms with Gasteiger partial charge < -0.3 is 19.9 Å². The second kappa shape index (κ2) is 6.36. The molecule has 1 amide bonds. The lowest BCUT2D eigenvalue weighted by molar-refractivity contribution is -0.385. The Morgan fingerprint density at radius 2 is 1.90 bits per heavy atom. The Hall–Kier alpha value is -2.84. The van der Waals surface area contributed by atoms with Crippen LogP contribution in [0.15, 0.2) is 12.1 Å². The van der Waals surface area contributed by atoms with Gasteiger partial charge in [0.2, 0.25) is 0 Å². The number of methoxy groups -OCH3 is 2. The molecule has 1 aromatic carbocycles. The van der Waals surface area contributed by atoms with Crippen LogP contribution in [0.4, 0.5) is 5.69 Å². The summed E-state index contributed by atoms with van der Waals surface area (Å²) < 4.78 is 9.72. The quantitative estimate of drug-likeness (QED) is 0.572. The highest BCUT2D eigenvalue weighted by atomic mass is 16.6. The lowest BCUT2D eigenvalue weighted by atomic mass is 10.1. The lowest BCUT2D eigenvalue weighted by Crippen LogP contribution is -2.29. The van der Waals surface area contributed by atoms with Crippen molar-refractivity contribution in [3.8, 4) is 11.5 Å². The number of carboxylic acid groups (broad SMARTS) is 1. The minimum atomic E-state index is -1.22. The summed E-state index contributed by atoms with van der Waals surface area (Å²) in [5.74, 6) is -2.14. The van der Waals surface area contributed by atoms with Gasteiger partial charge >= 0.3 is 11.7 Å². The Morgan fingerprint density at radius 3 is 2.35 bits per heavy atom. The molecule has 0 spiro atoms. The molecule has 0 fully saturated rings. The van der Waals surface area contributed by atoms with Crippen LogP contribution in [0.2, 0.25) is 0 Å². The van der Waals surface area contributed by atoms with Gasteiger partial charge in [-0.3, -0.25) is 19.7 Å². The number of carbonyl (C=O) groups excluding carboxylic acids is 1. The van der Waals surface area contributed by atoms with Crippen molar-refractivity contribution in [2.45, 2.75) is 0 Å². The molecule has 1 aromatic rings. The van der Waals surface area contributed by atoms with Crippen LogP contribution in [0.5, 0.6) is 11.5 Å². The maximum absolute atomic E-state index is 11.8. The van der Waals surface area contributed by atoms with E-state index in [0.717, 1.165) is 12.1 Å². The number of nitrogens with one attached hydrogen (secondary N) is 1. The molecule has 0 unspecified atom stereocenters. The van der Waals surface area contributed by atoms with Gasteiger partial charge in [0, 0.05) is 6.07 Å². The first-order valence-electron chi connectivity index (χ1n) is 5.31. The number of benzene rings is 1. The average molecular weight is 284 g/mol. The number of amides is 1. The Balaban J connectivity index is 3.21. The predicted octanol–water partition coefficient (Wildman–Crippen LogP) is 0.426. The monoisotopic (exact) mass is 284 g/mol. The minimum Gasteiger partial charge on any atom is -0.496 e. The molecule has 0 aliphatic rings. The van der Waals surface area contributed by atoms with Crippen LogP contribution in [0, 0.1) is 10.1 Å². The zero-order chi connectivity index (χ0) is 15.3. The van der Waals surface area contributed by atoms with Gasteiger partial charge in [0.15, 0.2) is 5.75 Å². The van der Waals surface area contributed by atoms with Crippen LogP contribution >= 0.6 is 0 Å². The number of nitrogens with zero attached hydrogens (tertiary/aromatic N) is 1. The zero-order valence-electron chi connectivity index (χ0n) is 10.7. The molecule has 0 bridgehead atoms. The Bertz CT molecular complexity index is 556. The molecule has 0 aliphatic carbocycles. The van der Waals surface area contributed by atoms with Crippen LogP contribution in [-0.2, 0) is 4.79 Å². The van der Waals surface area contributed by atoms with E-state index in [9.17, 15) is 19.7 Å². The summed E-state index contributed by atoms with van der Waals surface area (Å²) in [6.45, 7) is -0.582. The normalized spacial score (nSPS) is 9.70. The molecule has 108 valence electrons. The molecule has 0 aliphatic heterocycles. The highest BCUT2D eigenvalue weighted by molar-refractivity contribution is 5.99. The van der Waals surface area contributed by atoms with Crippen molar-refractivity contribution in [2.75, 3.05) is 20.8 Å². The second-order valence-corrected chi connectivity index (χ2v) is 3.56. The lowest BCUT2D eigenvalue weighted by Gasteiger charge is -2.10. The third kappa shape index (κ3) is 3.34. The highest BCUT2D eigenvalue weighted by Gasteiger charge is 2.23. The first kappa shape index (κ1) is 15.2. The molecular formula is C11H12N2O7. The average Bonchev–Trinajstić information content (AvgIpc) is 2.42. The van der Waals surface area contributed by atoms with Crippen LogP contribution < -0.4 is 14.8 Å². The fourth-order valence-electron chi connectivity index (χ4n) is 1.45. The van der Waals surface area contributed by atoms with E-state index < -0.39 is 23.3 Å². The Labute approximate surface area is 113 Å². The number of aliphatic carboxylic acids is 1. The van der Waals surface area contributed by atoms with Gasteiger partial charge in [0.05, 0.1) is 30.8 Å². The van der Waals surface area contributed by atoms with Crippen molar-refractivity contribution in [2.24, 2.45) is 0 Å². The fraction of sp³-hybridized carbons (Fsp3) is 0.273. The Morgan fingerprint density at radius 1 is 1.30 bits per heavy atom. The first-order valence-corrected chi connectivity index (χ1v) is 5.31. The van der Waals surface area contributed by atoms with Crippen LogP contribution in [0.1, 0.15) is 10.4 Å². The SMILES string of the molecule is COc1cc([N+](=O)[O-])c(OC)cc1C(=O)NCC(=O)O. The summed E-state index contributed by atoms with van der Waals surface area (Å²) in [6.07, 6.45) is 0. The third-order valence-corrected chi connectivity index (χ3v) is 2.34. The van der Waals surface area contributed by atoms with E-state index in [1.807, 2.05) is 0 Å². The number of nitro benzene ring substituents is 1. The topological polar surface area (TPSA) is 128 Å². The standard InChI is InChI=1S/C11H12N2O7/c1-19-8-4-7(13(17)18)9(20-2)3-6(8)11(16)12-5-10(14)15/h3-4H,5H2,1-2H3,(H,12,16)(H,14,15). The molecule has 9 nitrogen and oxygen atoms in total. The van der Waals surface area contributed by atoms with Crippen molar-refractivity contribution in [3.05, 3.63) is 27.8 Å². The van der Waals surface area contributed by atoms with Crippen molar-refractivity contribution < 1.29 is 29.1 Å². The predicted molar refractivity (Wildman–Crippen MR) is 66.2 cm³/mol. The number of carbonyl (C=O) groups is 2. The summed E-state index contributed by atoms with van der Waals surface area (Å²) in [5, 5.41) is 21.5. The molecule has 0 atom stereocenters. The van der Waals surface area contributed by atoms with E-state index in [4.69, 9.17) is 14.6 Å². The number of ether oxygens (including phenoxy) is 2. The van der Waals surface area contributed by atoms with Crippen molar-refractivity contribution in [1.29, 1.82) is 0 Å². The zero-order valence-corrected chi connectivity index (χ0v) is 10.7. The van der Waals surface area contributed by atoms with Gasteiger partial charge in [-0.15, -0.1) is 0 Å². The smallest absolute Gasteiger partial charge is 0.322 e. The van der Waals surface area contributed by atoms with E-state index in [-0.39, 0.29) is 22.7 Å². The maximum Gasteiger partial charge on any atom is 0.322 e. The molecule has 9 heteroatoms. The summed E-state index contributed by atoms with van der Waals surface area (Å²) in [6, 6.07) is 2.16. The summed E-state index contributed by atoms with van der Waals surface area (Å²) in [4.78, 5) is 32.4. The summed E-state index contributed by atoms with van der Waals surface area (Å²) >= 11 is 0. The first-order chi connectivity index (χ1) is 9.40. The molecule has 0 heterocycles. The van der Waals surface area contributed by atoms with E-state index in [2.05, 4.69) is 5.32 Å². The van der Waals surface area contributed by atoms with E-state index in [1.165, 1.54) is 14.2 Å². The van der Waals surface area contributed by atoms with Crippen LogP contribution in [0.25, 0.3) is 0 Å². The van der Waals surface area contributed by atoms with Gasteiger partial charge in [0.25, 0.3) is 5.91 Å². The largest absolute Gasteiger partial charge is 0.496 e. The molecule has 0 radical (unpaired) electrons. The van der Waals surface area contributed by atoms with Gasteiger partial charge in [-0.2, -0.15) is 0 Å². The fourth-order valence-corrected chi connectivity index (χ4v) is 1.45. The number of rotatable bonds is 6. The second-order valence-electron chi connectivity index (χ2n) is 3.56. The molecule has 1 rings (SSSR count). The third-order valence-electron chi connectivity index (χ3n) is 2.34. The minimum absolute atomic E-state index is 0.0552. The number of hydrogen-bond donors (Lipinski definition) is 2. The molecule has 0 saturated carbocycles. The number of hydrogen-bond acceptors (Lipinski definition) is 6. The van der Waals surface area contributed by atoms with E-state index in [1.54, 1.807) is 0 Å². The van der Waals surface area contributed by atoms with E-state index >= 15 is 0 Å². The van der Waals surface area contributed by atoms with Gasteiger partial charge in [-0.1, -0.05) is 0 Å². The van der Waals surface area contributed by atoms with Crippen molar-refractivity contribution in [1.82, 2.24) is 5.32 Å². The highest BCUT2D eigenvalue weighted by Crippen LogP contribution is 2.34.